The lowest BCUT2D eigenvalue weighted by molar-refractivity contribution is -0.144. The smallest absolute Gasteiger partial charge is 0.227 e. The Hall–Kier alpha value is -2.08. The molecule has 0 N–H and O–H groups in total. The van der Waals surface area contributed by atoms with Gasteiger partial charge in [-0.25, -0.2) is 0 Å². The topological polar surface area (TPSA) is 59.1 Å². The summed E-state index contributed by atoms with van der Waals surface area (Å²) in [5.41, 5.74) is -0.635. The van der Waals surface area contributed by atoms with Gasteiger partial charge in [0.1, 0.15) is 5.75 Å². The van der Waals surface area contributed by atoms with Gasteiger partial charge < -0.3 is 19.3 Å². The Balaban J connectivity index is 1.68. The van der Waals surface area contributed by atoms with E-state index in [1.165, 1.54) is 0 Å². The van der Waals surface area contributed by atoms with Crippen molar-refractivity contribution in [1.29, 1.82) is 0 Å². The molecule has 1 aromatic rings. The number of piperidine rings is 1. The van der Waals surface area contributed by atoms with E-state index in [9.17, 15) is 9.59 Å². The average molecular weight is 403 g/mol. The van der Waals surface area contributed by atoms with Gasteiger partial charge in [-0.05, 0) is 25.0 Å². The summed E-state index contributed by atoms with van der Waals surface area (Å²) < 4.78 is 11.5. The molecule has 2 fully saturated rings. The van der Waals surface area contributed by atoms with E-state index in [0.717, 1.165) is 18.6 Å². The predicted octanol–water partition coefficient (Wildman–Crippen LogP) is 2.97. The molecule has 0 bridgehead atoms. The monoisotopic (exact) mass is 402 g/mol. The van der Waals surface area contributed by atoms with Crippen molar-refractivity contribution in [2.75, 3.05) is 46.0 Å². The third-order valence-corrected chi connectivity index (χ3v) is 5.93. The zero-order valence-corrected chi connectivity index (χ0v) is 18.0. The van der Waals surface area contributed by atoms with E-state index < -0.39 is 0 Å². The first-order chi connectivity index (χ1) is 13.8. The molecule has 0 saturated carbocycles. The minimum absolute atomic E-state index is 0.167. The summed E-state index contributed by atoms with van der Waals surface area (Å²) in [7, 11) is 0. The van der Waals surface area contributed by atoms with E-state index in [0.29, 0.717) is 52.4 Å². The second kappa shape index (κ2) is 9.16. The van der Waals surface area contributed by atoms with Gasteiger partial charge in [-0.1, -0.05) is 39.0 Å². The van der Waals surface area contributed by atoms with Crippen LogP contribution in [0.4, 0.5) is 0 Å². The van der Waals surface area contributed by atoms with E-state index in [1.807, 2.05) is 60.9 Å². The summed E-state index contributed by atoms with van der Waals surface area (Å²) in [5.74, 6) is 1.16. The predicted molar refractivity (Wildman–Crippen MR) is 112 cm³/mol. The zero-order chi connectivity index (χ0) is 20.9. The molecule has 0 radical (unpaired) electrons. The van der Waals surface area contributed by atoms with Gasteiger partial charge in [0.2, 0.25) is 11.8 Å². The molecule has 0 atom stereocenters. The molecule has 2 aliphatic rings. The standard InChI is InChI=1S/C23H34N2O4/c1-22(2,3)21(27)25-11-9-23(10-12-25,18-29-19-7-5-4-6-8-19)17-20(26)24-13-15-28-16-14-24/h4-8H,9-18H2,1-3H3. The van der Waals surface area contributed by atoms with Crippen LogP contribution in [-0.4, -0.2) is 67.6 Å². The van der Waals surface area contributed by atoms with Crippen molar-refractivity contribution in [1.82, 2.24) is 9.80 Å². The molecule has 0 aromatic heterocycles. The van der Waals surface area contributed by atoms with Gasteiger partial charge in [0.25, 0.3) is 0 Å². The third kappa shape index (κ3) is 5.72. The molecule has 0 unspecified atom stereocenters. The number of benzene rings is 1. The summed E-state index contributed by atoms with van der Waals surface area (Å²) in [6, 6.07) is 9.74. The van der Waals surface area contributed by atoms with E-state index in [-0.39, 0.29) is 22.6 Å². The lowest BCUT2D eigenvalue weighted by atomic mass is 9.75. The first-order valence-corrected chi connectivity index (χ1v) is 10.6. The Morgan fingerprint density at radius 3 is 2.21 bits per heavy atom. The van der Waals surface area contributed by atoms with Gasteiger partial charge in [0.05, 0.1) is 19.8 Å². The fourth-order valence-electron chi connectivity index (χ4n) is 4.03. The fraction of sp³-hybridized carbons (Fsp3) is 0.652. The van der Waals surface area contributed by atoms with Crippen LogP contribution in [0.3, 0.4) is 0 Å². The summed E-state index contributed by atoms with van der Waals surface area (Å²) >= 11 is 0. The molecule has 2 aliphatic heterocycles. The molecule has 6 nitrogen and oxygen atoms in total. The zero-order valence-electron chi connectivity index (χ0n) is 18.0. The number of rotatable bonds is 5. The van der Waals surface area contributed by atoms with Crippen LogP contribution >= 0.6 is 0 Å². The molecule has 2 saturated heterocycles. The van der Waals surface area contributed by atoms with Crippen molar-refractivity contribution in [3.05, 3.63) is 30.3 Å². The number of hydrogen-bond donors (Lipinski definition) is 0. The highest BCUT2D eigenvalue weighted by molar-refractivity contribution is 5.81. The van der Waals surface area contributed by atoms with Crippen LogP contribution in [-0.2, 0) is 14.3 Å². The van der Waals surface area contributed by atoms with Gasteiger partial charge in [-0.3, -0.25) is 9.59 Å². The highest BCUT2D eigenvalue weighted by Gasteiger charge is 2.41. The van der Waals surface area contributed by atoms with Crippen LogP contribution in [0.1, 0.15) is 40.0 Å². The molecule has 160 valence electrons. The van der Waals surface area contributed by atoms with Gasteiger partial charge in [0.15, 0.2) is 0 Å². The highest BCUT2D eigenvalue weighted by atomic mass is 16.5. The average Bonchev–Trinajstić information content (AvgIpc) is 2.73. The maximum atomic E-state index is 13.0. The summed E-state index contributed by atoms with van der Waals surface area (Å²) in [6.07, 6.45) is 2.01. The Labute approximate surface area is 174 Å². The Bertz CT molecular complexity index is 685. The Morgan fingerprint density at radius 1 is 1.00 bits per heavy atom. The second-order valence-corrected chi connectivity index (χ2v) is 9.31. The van der Waals surface area contributed by atoms with Crippen molar-refractivity contribution in [2.24, 2.45) is 10.8 Å². The van der Waals surface area contributed by atoms with Crippen molar-refractivity contribution >= 4 is 11.8 Å². The SMILES string of the molecule is CC(C)(C)C(=O)N1CCC(COc2ccccc2)(CC(=O)N2CCOCC2)CC1. The Morgan fingerprint density at radius 2 is 1.62 bits per heavy atom. The van der Waals surface area contributed by atoms with Crippen molar-refractivity contribution < 1.29 is 19.1 Å². The van der Waals surface area contributed by atoms with E-state index in [1.54, 1.807) is 0 Å². The van der Waals surface area contributed by atoms with Crippen LogP contribution < -0.4 is 4.74 Å². The lowest BCUT2D eigenvalue weighted by Crippen LogP contribution is -2.51. The van der Waals surface area contributed by atoms with Crippen LogP contribution in [0.5, 0.6) is 5.75 Å². The van der Waals surface area contributed by atoms with Crippen LogP contribution in [0.2, 0.25) is 0 Å². The molecule has 0 spiro atoms. The number of para-hydroxylation sites is 1. The van der Waals surface area contributed by atoms with Gasteiger partial charge in [-0.2, -0.15) is 0 Å². The first kappa shape index (κ1) is 21.6. The number of carbonyl (C=O) groups is 2. The number of amides is 2. The van der Waals surface area contributed by atoms with E-state index in [4.69, 9.17) is 9.47 Å². The fourth-order valence-corrected chi connectivity index (χ4v) is 4.03. The largest absolute Gasteiger partial charge is 0.493 e. The second-order valence-electron chi connectivity index (χ2n) is 9.31. The molecule has 3 rings (SSSR count). The molecule has 6 heteroatoms. The van der Waals surface area contributed by atoms with Gasteiger partial charge >= 0.3 is 0 Å². The van der Waals surface area contributed by atoms with Gasteiger partial charge in [0, 0.05) is 43.4 Å². The number of likely N-dealkylation sites (tertiary alicyclic amines) is 1. The molecule has 2 heterocycles. The van der Waals surface area contributed by atoms with Crippen molar-refractivity contribution in [2.45, 2.75) is 40.0 Å². The summed E-state index contributed by atoms with van der Waals surface area (Å²) in [4.78, 5) is 29.5. The van der Waals surface area contributed by atoms with Crippen molar-refractivity contribution in [3.63, 3.8) is 0 Å². The number of carbonyl (C=O) groups excluding carboxylic acids is 2. The Kier molecular flexibility index (Phi) is 6.83. The van der Waals surface area contributed by atoms with Crippen LogP contribution in [0.25, 0.3) is 0 Å². The summed E-state index contributed by atoms with van der Waals surface area (Å²) in [6.45, 7) is 10.2. The number of morpholine rings is 1. The molecule has 29 heavy (non-hydrogen) atoms. The molecular weight excluding hydrogens is 368 g/mol. The summed E-state index contributed by atoms with van der Waals surface area (Å²) in [5, 5.41) is 0. The number of ether oxygens (including phenoxy) is 2. The van der Waals surface area contributed by atoms with Crippen molar-refractivity contribution in [3.8, 4) is 5.75 Å². The molecule has 0 aliphatic carbocycles. The van der Waals surface area contributed by atoms with E-state index >= 15 is 0 Å². The minimum atomic E-state index is -0.385. The molecule has 1 aromatic carbocycles. The maximum Gasteiger partial charge on any atom is 0.227 e. The van der Waals surface area contributed by atoms with Crippen LogP contribution in [0, 0.1) is 10.8 Å². The minimum Gasteiger partial charge on any atom is -0.493 e. The molecular formula is C23H34N2O4. The number of nitrogens with zero attached hydrogens (tertiary/aromatic N) is 2. The third-order valence-electron chi connectivity index (χ3n) is 5.93. The van der Waals surface area contributed by atoms with Gasteiger partial charge in [-0.15, -0.1) is 0 Å². The van der Waals surface area contributed by atoms with Crippen LogP contribution in [0.15, 0.2) is 30.3 Å². The first-order valence-electron chi connectivity index (χ1n) is 10.6. The highest BCUT2D eigenvalue weighted by Crippen LogP contribution is 2.37. The lowest BCUT2D eigenvalue weighted by Gasteiger charge is -2.43. The van der Waals surface area contributed by atoms with E-state index in [2.05, 4.69) is 0 Å². The molecule has 2 amide bonds. The normalized spacial score (nSPS) is 19.7. The maximum absolute atomic E-state index is 13.0. The number of hydrogen-bond acceptors (Lipinski definition) is 4. The quantitative estimate of drug-likeness (QED) is 0.760.